The van der Waals surface area contributed by atoms with Crippen LogP contribution in [0, 0.1) is 6.92 Å². The molecule has 7 nitrogen and oxygen atoms in total. The lowest BCUT2D eigenvalue weighted by Gasteiger charge is -2.28. The molecule has 0 aliphatic carbocycles. The van der Waals surface area contributed by atoms with Crippen LogP contribution in [0.3, 0.4) is 0 Å². The van der Waals surface area contributed by atoms with Gasteiger partial charge in [-0.05, 0) is 67.7 Å². The molecule has 3 aromatic rings. The number of pyridine rings is 1. The Bertz CT molecular complexity index is 1170. The first kappa shape index (κ1) is 20.4. The van der Waals surface area contributed by atoms with E-state index < -0.39 is 10.0 Å². The van der Waals surface area contributed by atoms with E-state index in [0.29, 0.717) is 10.8 Å². The van der Waals surface area contributed by atoms with E-state index >= 15 is 0 Å². The van der Waals surface area contributed by atoms with E-state index in [9.17, 15) is 8.42 Å². The largest absolute Gasteiger partial charge is 0.351 e. The van der Waals surface area contributed by atoms with Crippen LogP contribution < -0.4 is 14.9 Å². The molecule has 1 saturated heterocycles. The van der Waals surface area contributed by atoms with Crippen molar-refractivity contribution in [3.63, 3.8) is 0 Å². The van der Waals surface area contributed by atoms with Gasteiger partial charge < -0.3 is 14.8 Å². The summed E-state index contributed by atoms with van der Waals surface area (Å²) in [4.78, 5) is 6.62. The van der Waals surface area contributed by atoms with Crippen LogP contribution in [0.25, 0.3) is 0 Å². The highest BCUT2D eigenvalue weighted by atomic mass is 32.2. The van der Waals surface area contributed by atoms with Crippen molar-refractivity contribution in [3.05, 3.63) is 77.9 Å². The standard InChI is InChI=1S/C21H23N5O2S2/c1-14-7-12-18(25(14)2)20-19(17-6-4-5-13-22-17)23-21(29)26(20)16-10-8-15(9-11-16)24-30(3,27)28/h4-13,19-20,24H,1-3H3,(H,23,29)/t19-,20+/m1/s1. The zero-order valence-electron chi connectivity index (χ0n) is 16.9. The third-order valence-corrected chi connectivity index (χ3v) is 6.18. The summed E-state index contributed by atoms with van der Waals surface area (Å²) in [7, 11) is -1.29. The summed E-state index contributed by atoms with van der Waals surface area (Å²) >= 11 is 5.71. The van der Waals surface area contributed by atoms with Crippen molar-refractivity contribution in [1.82, 2.24) is 14.9 Å². The summed E-state index contributed by atoms with van der Waals surface area (Å²) in [5, 5.41) is 4.02. The molecule has 0 unspecified atom stereocenters. The number of hydrogen-bond acceptors (Lipinski definition) is 4. The molecule has 0 radical (unpaired) electrons. The average Bonchev–Trinajstić information content (AvgIpc) is 3.21. The van der Waals surface area contributed by atoms with Gasteiger partial charge in [0.05, 0.1) is 18.0 Å². The number of sulfonamides is 1. The van der Waals surface area contributed by atoms with E-state index in [-0.39, 0.29) is 12.1 Å². The van der Waals surface area contributed by atoms with Gasteiger partial charge in [0.15, 0.2) is 5.11 Å². The number of benzene rings is 1. The van der Waals surface area contributed by atoms with Crippen molar-refractivity contribution >= 4 is 38.7 Å². The molecule has 2 N–H and O–H groups in total. The molecule has 2 atom stereocenters. The van der Waals surface area contributed by atoms with Crippen molar-refractivity contribution in [3.8, 4) is 0 Å². The number of anilines is 2. The Balaban J connectivity index is 1.77. The Labute approximate surface area is 181 Å². The summed E-state index contributed by atoms with van der Waals surface area (Å²) in [5.41, 5.74) is 4.53. The number of hydrogen-bond donors (Lipinski definition) is 2. The van der Waals surface area contributed by atoms with Crippen LogP contribution in [0.1, 0.15) is 29.2 Å². The second kappa shape index (κ2) is 7.73. The van der Waals surface area contributed by atoms with Crippen LogP contribution in [0.2, 0.25) is 0 Å². The molecule has 3 heterocycles. The predicted molar refractivity (Wildman–Crippen MR) is 123 cm³/mol. The zero-order valence-corrected chi connectivity index (χ0v) is 18.5. The lowest BCUT2D eigenvalue weighted by molar-refractivity contribution is 0.539. The molecular formula is C21H23N5O2S2. The lowest BCUT2D eigenvalue weighted by Crippen LogP contribution is -2.30. The number of aryl methyl sites for hydroxylation is 1. The van der Waals surface area contributed by atoms with Gasteiger partial charge in [-0.3, -0.25) is 9.71 Å². The fraction of sp³-hybridized carbons (Fsp3) is 0.238. The fourth-order valence-corrected chi connectivity index (χ4v) is 4.68. The predicted octanol–water partition coefficient (Wildman–Crippen LogP) is 3.28. The summed E-state index contributed by atoms with van der Waals surface area (Å²) in [5.74, 6) is 0. The number of thiocarbonyl (C=S) groups is 1. The van der Waals surface area contributed by atoms with Crippen LogP contribution in [-0.2, 0) is 17.1 Å². The average molecular weight is 442 g/mol. The van der Waals surface area contributed by atoms with Crippen molar-refractivity contribution in [1.29, 1.82) is 0 Å². The van der Waals surface area contributed by atoms with Crippen LogP contribution in [0.5, 0.6) is 0 Å². The van der Waals surface area contributed by atoms with Gasteiger partial charge in [-0.1, -0.05) is 6.07 Å². The maximum absolute atomic E-state index is 11.5. The third-order valence-electron chi connectivity index (χ3n) is 5.26. The second-order valence-electron chi connectivity index (χ2n) is 7.38. The highest BCUT2D eigenvalue weighted by molar-refractivity contribution is 7.92. The first-order valence-corrected chi connectivity index (χ1v) is 11.8. The quantitative estimate of drug-likeness (QED) is 0.592. The molecule has 156 valence electrons. The minimum atomic E-state index is -3.33. The number of nitrogens with one attached hydrogen (secondary N) is 2. The van der Waals surface area contributed by atoms with E-state index in [1.165, 1.54) is 0 Å². The molecule has 4 rings (SSSR count). The van der Waals surface area contributed by atoms with E-state index in [4.69, 9.17) is 12.2 Å². The Hall–Kier alpha value is -2.91. The Morgan fingerprint density at radius 1 is 1.10 bits per heavy atom. The molecule has 0 spiro atoms. The van der Waals surface area contributed by atoms with Crippen molar-refractivity contribution in [2.24, 2.45) is 7.05 Å². The lowest BCUT2D eigenvalue weighted by atomic mass is 10.0. The first-order valence-electron chi connectivity index (χ1n) is 9.45. The smallest absolute Gasteiger partial charge is 0.229 e. The molecule has 1 fully saturated rings. The van der Waals surface area contributed by atoms with Gasteiger partial charge >= 0.3 is 0 Å². The Kier molecular flexibility index (Phi) is 5.25. The topological polar surface area (TPSA) is 79.3 Å². The van der Waals surface area contributed by atoms with Gasteiger partial charge in [0.2, 0.25) is 10.0 Å². The summed E-state index contributed by atoms with van der Waals surface area (Å²) < 4.78 is 27.7. The highest BCUT2D eigenvalue weighted by Gasteiger charge is 2.41. The van der Waals surface area contributed by atoms with E-state index in [2.05, 4.69) is 43.5 Å². The van der Waals surface area contributed by atoms with E-state index in [1.807, 2.05) is 37.4 Å². The van der Waals surface area contributed by atoms with Gasteiger partial charge in [0, 0.05) is 36.0 Å². The van der Waals surface area contributed by atoms with Gasteiger partial charge in [-0.15, -0.1) is 0 Å². The summed E-state index contributed by atoms with van der Waals surface area (Å²) in [6, 6.07) is 17.0. The minimum absolute atomic E-state index is 0.111. The van der Waals surface area contributed by atoms with Crippen LogP contribution in [0.4, 0.5) is 11.4 Å². The fourth-order valence-electron chi connectivity index (χ4n) is 3.77. The van der Waals surface area contributed by atoms with Gasteiger partial charge in [0.1, 0.15) is 6.04 Å². The molecule has 2 aromatic heterocycles. The molecule has 9 heteroatoms. The van der Waals surface area contributed by atoms with E-state index in [1.54, 1.807) is 18.3 Å². The molecule has 0 saturated carbocycles. The van der Waals surface area contributed by atoms with Crippen LogP contribution in [0.15, 0.2) is 60.8 Å². The zero-order chi connectivity index (χ0) is 21.5. The Morgan fingerprint density at radius 2 is 1.83 bits per heavy atom. The van der Waals surface area contributed by atoms with Crippen LogP contribution in [-0.4, -0.2) is 29.3 Å². The van der Waals surface area contributed by atoms with Gasteiger partial charge in [0.25, 0.3) is 0 Å². The number of aromatic nitrogens is 2. The molecule has 1 aliphatic heterocycles. The molecule has 1 aromatic carbocycles. The molecular weight excluding hydrogens is 418 g/mol. The van der Waals surface area contributed by atoms with E-state index in [0.717, 1.165) is 29.0 Å². The highest BCUT2D eigenvalue weighted by Crippen LogP contribution is 2.41. The third kappa shape index (κ3) is 3.90. The van der Waals surface area contributed by atoms with Crippen molar-refractivity contribution in [2.45, 2.75) is 19.0 Å². The molecule has 0 amide bonds. The molecule has 1 aliphatic rings. The minimum Gasteiger partial charge on any atom is -0.351 e. The van der Waals surface area contributed by atoms with Gasteiger partial charge in [-0.2, -0.15) is 0 Å². The number of rotatable bonds is 5. The number of nitrogens with zero attached hydrogens (tertiary/aromatic N) is 3. The Morgan fingerprint density at radius 3 is 2.40 bits per heavy atom. The normalized spacial score (nSPS) is 19.0. The summed E-state index contributed by atoms with van der Waals surface area (Å²) in [6.45, 7) is 2.07. The van der Waals surface area contributed by atoms with Crippen molar-refractivity contribution in [2.75, 3.05) is 15.9 Å². The SMILES string of the molecule is Cc1ccc([C@H]2[C@@H](c3ccccn3)NC(=S)N2c2ccc(NS(C)(=O)=O)cc2)n1C. The summed E-state index contributed by atoms with van der Waals surface area (Å²) in [6.07, 6.45) is 2.91. The van der Waals surface area contributed by atoms with Crippen LogP contribution >= 0.6 is 12.2 Å². The maximum atomic E-state index is 11.5. The molecule has 30 heavy (non-hydrogen) atoms. The van der Waals surface area contributed by atoms with Gasteiger partial charge in [-0.25, -0.2) is 8.42 Å². The maximum Gasteiger partial charge on any atom is 0.229 e. The first-order chi connectivity index (χ1) is 14.2. The second-order valence-corrected chi connectivity index (χ2v) is 9.51. The monoisotopic (exact) mass is 441 g/mol. The molecule has 0 bridgehead atoms. The van der Waals surface area contributed by atoms with Crippen molar-refractivity contribution < 1.29 is 8.42 Å².